The summed E-state index contributed by atoms with van der Waals surface area (Å²) in [7, 11) is 1.58. The van der Waals surface area contributed by atoms with E-state index >= 15 is 0 Å². The maximum absolute atomic E-state index is 11.7. The van der Waals surface area contributed by atoms with Crippen LogP contribution in [-0.4, -0.2) is 30.2 Å². The summed E-state index contributed by atoms with van der Waals surface area (Å²) < 4.78 is 5.04. The quantitative estimate of drug-likeness (QED) is 0.787. The number of carboxylic acid groups (broad SMARTS) is 1. The molecule has 1 amide bonds. The Hall–Kier alpha value is -1.88. The first kappa shape index (κ1) is 15.2. The van der Waals surface area contributed by atoms with Crippen LogP contribution in [0.5, 0.6) is 0 Å². The van der Waals surface area contributed by atoms with Crippen molar-refractivity contribution in [2.45, 2.75) is 31.9 Å². The second-order valence-electron chi connectivity index (χ2n) is 4.33. The van der Waals surface area contributed by atoms with Crippen molar-refractivity contribution in [3.63, 3.8) is 0 Å². The lowest BCUT2D eigenvalue weighted by Crippen LogP contribution is -2.34. The minimum Gasteiger partial charge on any atom is -0.479 e. The summed E-state index contributed by atoms with van der Waals surface area (Å²) in [6.07, 6.45) is 0.778. The molecule has 0 radical (unpaired) electrons. The predicted molar refractivity (Wildman–Crippen MR) is 70.7 cm³/mol. The third kappa shape index (κ3) is 5.09. The summed E-state index contributed by atoms with van der Waals surface area (Å²) in [6.45, 7) is 1.86. The molecule has 5 heteroatoms. The van der Waals surface area contributed by atoms with Crippen LogP contribution in [0.15, 0.2) is 30.3 Å². The van der Waals surface area contributed by atoms with Crippen molar-refractivity contribution in [3.8, 4) is 0 Å². The third-order valence-corrected chi connectivity index (χ3v) is 2.87. The third-order valence-electron chi connectivity index (χ3n) is 2.87. The lowest BCUT2D eigenvalue weighted by Gasteiger charge is -2.15. The summed E-state index contributed by atoms with van der Waals surface area (Å²) in [5, 5.41) is 11.7. The van der Waals surface area contributed by atoms with Gasteiger partial charge in [0.05, 0.1) is 6.10 Å². The number of carbonyl (C=O) groups is 2. The number of rotatable bonds is 7. The lowest BCUT2D eigenvalue weighted by atomic mass is 10.1. The number of aliphatic carboxylic acids is 1. The Morgan fingerprint density at radius 2 is 1.95 bits per heavy atom. The molecule has 1 rings (SSSR count). The second kappa shape index (κ2) is 7.53. The molecule has 5 nitrogen and oxygen atoms in total. The van der Waals surface area contributed by atoms with Crippen LogP contribution in [0.4, 0.5) is 0 Å². The molecule has 19 heavy (non-hydrogen) atoms. The highest BCUT2D eigenvalue weighted by atomic mass is 16.5. The Balaban J connectivity index is 2.60. The fraction of sp³-hybridized carbons (Fsp3) is 0.429. The van der Waals surface area contributed by atoms with Gasteiger partial charge in [-0.1, -0.05) is 30.3 Å². The van der Waals surface area contributed by atoms with Crippen molar-refractivity contribution in [2.75, 3.05) is 7.11 Å². The number of hydrogen-bond acceptors (Lipinski definition) is 3. The monoisotopic (exact) mass is 265 g/mol. The van der Waals surface area contributed by atoms with Crippen LogP contribution in [0.1, 0.15) is 31.4 Å². The molecule has 0 aliphatic rings. The molecule has 104 valence electrons. The fourth-order valence-electron chi connectivity index (χ4n) is 1.62. The molecule has 0 fully saturated rings. The summed E-state index contributed by atoms with van der Waals surface area (Å²) in [4.78, 5) is 22.9. The molecule has 1 aromatic rings. The maximum atomic E-state index is 11.7. The zero-order valence-corrected chi connectivity index (χ0v) is 11.1. The van der Waals surface area contributed by atoms with E-state index in [1.165, 1.54) is 0 Å². The van der Waals surface area contributed by atoms with Crippen LogP contribution >= 0.6 is 0 Å². The smallest absolute Gasteiger partial charge is 0.330 e. The molecule has 0 saturated heterocycles. The van der Waals surface area contributed by atoms with Crippen molar-refractivity contribution >= 4 is 11.9 Å². The largest absolute Gasteiger partial charge is 0.479 e. The van der Waals surface area contributed by atoms with E-state index in [2.05, 4.69) is 5.32 Å². The standard InChI is InChI=1S/C14H19NO4/c1-10(19-2)8-9-12(16)15-13(14(17)18)11-6-4-3-5-7-11/h3-7,10,13H,8-9H2,1-2H3,(H,15,16)(H,17,18). The zero-order valence-electron chi connectivity index (χ0n) is 11.1. The molecule has 0 aliphatic carbocycles. The van der Waals surface area contributed by atoms with Gasteiger partial charge >= 0.3 is 5.97 Å². The summed E-state index contributed by atoms with van der Waals surface area (Å²) in [5.41, 5.74) is 0.558. The van der Waals surface area contributed by atoms with Crippen molar-refractivity contribution in [3.05, 3.63) is 35.9 Å². The highest BCUT2D eigenvalue weighted by molar-refractivity contribution is 5.84. The van der Waals surface area contributed by atoms with E-state index in [0.29, 0.717) is 12.0 Å². The molecule has 0 aromatic heterocycles. The van der Waals surface area contributed by atoms with Gasteiger partial charge in [0, 0.05) is 13.5 Å². The Morgan fingerprint density at radius 3 is 2.47 bits per heavy atom. The van der Waals surface area contributed by atoms with Gasteiger partial charge in [0.15, 0.2) is 6.04 Å². The maximum Gasteiger partial charge on any atom is 0.330 e. The van der Waals surface area contributed by atoms with Crippen LogP contribution in [0.2, 0.25) is 0 Å². The van der Waals surface area contributed by atoms with Crippen LogP contribution in [0.3, 0.4) is 0 Å². The Morgan fingerprint density at radius 1 is 1.32 bits per heavy atom. The molecule has 0 spiro atoms. The van der Waals surface area contributed by atoms with Crippen molar-refractivity contribution in [1.29, 1.82) is 0 Å². The Bertz CT molecular complexity index is 419. The van der Waals surface area contributed by atoms with E-state index in [4.69, 9.17) is 9.84 Å². The van der Waals surface area contributed by atoms with Crippen molar-refractivity contribution in [2.24, 2.45) is 0 Å². The molecular weight excluding hydrogens is 246 g/mol. The Kier molecular flexibility index (Phi) is 6.02. The first-order chi connectivity index (χ1) is 9.04. The number of nitrogens with one attached hydrogen (secondary N) is 1. The lowest BCUT2D eigenvalue weighted by molar-refractivity contribution is -0.142. The summed E-state index contributed by atoms with van der Waals surface area (Å²) in [6, 6.07) is 7.62. The normalized spacial score (nSPS) is 13.6. The number of carbonyl (C=O) groups excluding carboxylic acids is 1. The number of hydrogen-bond donors (Lipinski definition) is 2. The first-order valence-electron chi connectivity index (χ1n) is 6.14. The molecule has 0 bridgehead atoms. The number of methoxy groups -OCH3 is 1. The van der Waals surface area contributed by atoms with Gasteiger partial charge < -0.3 is 15.2 Å². The van der Waals surface area contributed by atoms with Gasteiger partial charge in [0.2, 0.25) is 5.91 Å². The number of carboxylic acids is 1. The second-order valence-corrected chi connectivity index (χ2v) is 4.33. The number of ether oxygens (including phenoxy) is 1. The van der Waals surface area contributed by atoms with Gasteiger partial charge in [-0.15, -0.1) is 0 Å². The van der Waals surface area contributed by atoms with Gasteiger partial charge in [-0.25, -0.2) is 4.79 Å². The zero-order chi connectivity index (χ0) is 14.3. The van der Waals surface area contributed by atoms with E-state index in [0.717, 1.165) is 0 Å². The fourth-order valence-corrected chi connectivity index (χ4v) is 1.62. The van der Waals surface area contributed by atoms with Gasteiger partial charge in [-0.05, 0) is 18.9 Å². The van der Waals surface area contributed by atoms with Gasteiger partial charge in [-0.3, -0.25) is 4.79 Å². The van der Waals surface area contributed by atoms with E-state index in [1.54, 1.807) is 37.4 Å². The molecule has 2 atom stereocenters. The van der Waals surface area contributed by atoms with E-state index in [1.807, 2.05) is 6.92 Å². The first-order valence-corrected chi connectivity index (χ1v) is 6.14. The SMILES string of the molecule is COC(C)CCC(=O)NC(C(=O)O)c1ccccc1. The molecule has 2 N–H and O–H groups in total. The minimum absolute atomic E-state index is 0.0225. The van der Waals surface area contributed by atoms with Gasteiger partial charge in [0.25, 0.3) is 0 Å². The molecule has 0 aliphatic heterocycles. The van der Waals surface area contributed by atoms with E-state index in [9.17, 15) is 9.59 Å². The van der Waals surface area contributed by atoms with Crippen LogP contribution in [0.25, 0.3) is 0 Å². The molecule has 1 aromatic carbocycles. The molecule has 0 heterocycles. The molecule has 2 unspecified atom stereocenters. The van der Waals surface area contributed by atoms with Crippen LogP contribution < -0.4 is 5.32 Å². The number of amides is 1. The summed E-state index contributed by atoms with van der Waals surface area (Å²) >= 11 is 0. The highest BCUT2D eigenvalue weighted by Crippen LogP contribution is 2.13. The predicted octanol–water partition coefficient (Wildman–Crippen LogP) is 1.74. The minimum atomic E-state index is -1.07. The van der Waals surface area contributed by atoms with E-state index < -0.39 is 12.0 Å². The topological polar surface area (TPSA) is 75.6 Å². The van der Waals surface area contributed by atoms with Gasteiger partial charge in [-0.2, -0.15) is 0 Å². The van der Waals surface area contributed by atoms with E-state index in [-0.39, 0.29) is 18.4 Å². The average Bonchev–Trinajstić information content (AvgIpc) is 2.42. The summed E-state index contributed by atoms with van der Waals surface area (Å²) in [5.74, 6) is -1.36. The highest BCUT2D eigenvalue weighted by Gasteiger charge is 2.21. The van der Waals surface area contributed by atoms with Crippen LogP contribution in [-0.2, 0) is 14.3 Å². The van der Waals surface area contributed by atoms with Crippen molar-refractivity contribution < 1.29 is 19.4 Å². The van der Waals surface area contributed by atoms with Crippen molar-refractivity contribution in [1.82, 2.24) is 5.32 Å². The molecule has 0 saturated carbocycles. The average molecular weight is 265 g/mol. The Labute approximate surface area is 112 Å². The number of benzene rings is 1. The molecular formula is C14H19NO4. The van der Waals surface area contributed by atoms with Crippen LogP contribution in [0, 0.1) is 0 Å². The van der Waals surface area contributed by atoms with Gasteiger partial charge in [0.1, 0.15) is 0 Å².